The lowest BCUT2D eigenvalue weighted by atomic mass is 9.99. The third-order valence-corrected chi connectivity index (χ3v) is 7.48. The number of rotatable bonds is 6. The van der Waals surface area contributed by atoms with Gasteiger partial charge in [-0.1, -0.05) is 30.3 Å². The molecule has 7 nitrogen and oxygen atoms in total. The number of carbonyl (C=O) groups excluding carboxylic acids is 1. The van der Waals surface area contributed by atoms with E-state index < -0.39 is 0 Å². The van der Waals surface area contributed by atoms with Crippen LogP contribution in [0.5, 0.6) is 0 Å². The van der Waals surface area contributed by atoms with Crippen LogP contribution in [0.25, 0.3) is 11.1 Å². The van der Waals surface area contributed by atoms with Crippen LogP contribution in [0.15, 0.2) is 66.9 Å². The maximum absolute atomic E-state index is 13.5. The lowest BCUT2D eigenvalue weighted by Gasteiger charge is -2.36. The molecule has 2 aliphatic rings. The first kappa shape index (κ1) is 25.9. The van der Waals surface area contributed by atoms with Gasteiger partial charge in [0.1, 0.15) is 5.69 Å². The molecule has 2 aliphatic heterocycles. The first-order chi connectivity index (χ1) is 18.5. The molecule has 0 saturated carbocycles. The minimum Gasteiger partial charge on any atom is -0.382 e. The predicted octanol–water partition coefficient (Wildman–Crippen LogP) is 4.52. The number of carbonyl (C=O) groups is 1. The van der Waals surface area contributed by atoms with Crippen molar-refractivity contribution in [2.75, 3.05) is 31.5 Å². The summed E-state index contributed by atoms with van der Waals surface area (Å²) in [5.74, 6) is -0.00899. The molecule has 2 aromatic carbocycles. The van der Waals surface area contributed by atoms with E-state index in [-0.39, 0.29) is 5.91 Å². The van der Waals surface area contributed by atoms with Gasteiger partial charge in [-0.3, -0.25) is 14.7 Å². The summed E-state index contributed by atoms with van der Waals surface area (Å²) in [6.07, 6.45) is 3.44. The topological polar surface area (TPSA) is 84.3 Å². The Kier molecular flexibility index (Phi) is 8.02. The number of nitrogens with one attached hydrogen (secondary N) is 2. The second kappa shape index (κ2) is 11.8. The molecule has 7 heteroatoms. The minimum absolute atomic E-state index is 0.00899. The van der Waals surface area contributed by atoms with Crippen molar-refractivity contribution in [3.05, 3.63) is 83.7 Å². The summed E-state index contributed by atoms with van der Waals surface area (Å²) in [6, 6.07) is 23.4. The van der Waals surface area contributed by atoms with Gasteiger partial charge in [0, 0.05) is 68.3 Å². The molecule has 0 aliphatic carbocycles. The van der Waals surface area contributed by atoms with Crippen molar-refractivity contribution in [3.63, 3.8) is 0 Å². The fraction of sp³-hybridized carbons (Fsp3) is 0.387. The van der Waals surface area contributed by atoms with Gasteiger partial charge < -0.3 is 15.5 Å². The number of likely N-dealkylation sites (tertiary alicyclic amines) is 1. The van der Waals surface area contributed by atoms with Gasteiger partial charge in [0.05, 0.1) is 11.6 Å². The second-order valence-electron chi connectivity index (χ2n) is 10.7. The van der Waals surface area contributed by atoms with Crippen molar-refractivity contribution in [1.29, 1.82) is 5.26 Å². The fourth-order valence-electron chi connectivity index (χ4n) is 5.68. The summed E-state index contributed by atoms with van der Waals surface area (Å²) in [4.78, 5) is 22.5. The number of hydrogen-bond donors (Lipinski definition) is 2. The first-order valence-corrected chi connectivity index (χ1v) is 13.6. The van der Waals surface area contributed by atoms with E-state index in [1.807, 2.05) is 41.3 Å². The molecule has 2 saturated heterocycles. The summed E-state index contributed by atoms with van der Waals surface area (Å²) in [5, 5.41) is 16.1. The number of pyridine rings is 1. The molecule has 1 aromatic heterocycles. The summed E-state index contributed by atoms with van der Waals surface area (Å²) in [7, 11) is 0. The van der Waals surface area contributed by atoms with Gasteiger partial charge in [0.2, 0.25) is 0 Å². The van der Waals surface area contributed by atoms with Gasteiger partial charge >= 0.3 is 0 Å². The Balaban J connectivity index is 1.21. The van der Waals surface area contributed by atoms with Crippen LogP contribution in [-0.4, -0.2) is 65.0 Å². The number of nitrogens with zero attached hydrogens (tertiary/aromatic N) is 4. The third-order valence-electron chi connectivity index (χ3n) is 7.48. The number of piperazine rings is 1. The molecule has 2 atom stereocenters. The number of anilines is 1. The molecule has 2 fully saturated rings. The Morgan fingerprint density at radius 3 is 2.37 bits per heavy atom. The fourth-order valence-corrected chi connectivity index (χ4v) is 5.68. The highest BCUT2D eigenvalue weighted by Crippen LogP contribution is 2.26. The van der Waals surface area contributed by atoms with Gasteiger partial charge in [-0.25, -0.2) is 0 Å². The average Bonchev–Trinajstić information content (AvgIpc) is 2.93. The normalized spacial score (nSPS) is 20.6. The van der Waals surface area contributed by atoms with E-state index in [2.05, 4.69) is 64.7 Å². The summed E-state index contributed by atoms with van der Waals surface area (Å²) in [6.45, 7) is 8.87. The molecule has 196 valence electrons. The van der Waals surface area contributed by atoms with Crippen molar-refractivity contribution < 1.29 is 4.79 Å². The second-order valence-corrected chi connectivity index (χ2v) is 10.7. The smallest absolute Gasteiger partial charge is 0.273 e. The molecule has 1 amide bonds. The van der Waals surface area contributed by atoms with Crippen LogP contribution >= 0.6 is 0 Å². The molecule has 3 heterocycles. The van der Waals surface area contributed by atoms with E-state index >= 15 is 0 Å². The van der Waals surface area contributed by atoms with Crippen molar-refractivity contribution in [2.24, 2.45) is 0 Å². The number of benzene rings is 2. The molecule has 38 heavy (non-hydrogen) atoms. The van der Waals surface area contributed by atoms with Gasteiger partial charge in [0.15, 0.2) is 0 Å². The highest BCUT2D eigenvalue weighted by molar-refractivity contribution is 5.99. The maximum Gasteiger partial charge on any atom is 0.273 e. The van der Waals surface area contributed by atoms with Gasteiger partial charge in [-0.05, 0) is 68.1 Å². The SMILES string of the molecule is C[C@@H]1CN(Cc2ccc(-c3cccnc3C(=O)N3CCC(Nc4ccc(C#N)cc4)CC3)cc2)C[C@H](C)N1. The summed E-state index contributed by atoms with van der Waals surface area (Å²) >= 11 is 0. The van der Waals surface area contributed by atoms with E-state index in [1.54, 1.807) is 6.20 Å². The van der Waals surface area contributed by atoms with E-state index in [0.29, 0.717) is 42.5 Å². The zero-order valence-corrected chi connectivity index (χ0v) is 22.2. The van der Waals surface area contributed by atoms with Crippen LogP contribution in [0.1, 0.15) is 48.3 Å². The lowest BCUT2D eigenvalue weighted by Crippen LogP contribution is -2.53. The number of hydrogen-bond acceptors (Lipinski definition) is 6. The Labute approximate surface area is 225 Å². The standard InChI is InChI=1S/C31H36N6O/c1-22-19-36(20-23(2)34-22)21-25-5-9-26(10-6-25)29-4-3-15-33-30(29)31(38)37-16-13-28(14-17-37)35-27-11-7-24(18-32)8-12-27/h3-12,15,22-23,28,34-35H,13-14,16-17,19-21H2,1-2H3/t22-,23+. The summed E-state index contributed by atoms with van der Waals surface area (Å²) in [5.41, 5.74) is 5.36. The molecule has 0 bridgehead atoms. The molecular formula is C31H36N6O. The summed E-state index contributed by atoms with van der Waals surface area (Å²) < 4.78 is 0. The largest absolute Gasteiger partial charge is 0.382 e. The zero-order valence-electron chi connectivity index (χ0n) is 22.2. The number of piperidine rings is 1. The quantitative estimate of drug-likeness (QED) is 0.509. The monoisotopic (exact) mass is 508 g/mol. The number of amides is 1. The van der Waals surface area contributed by atoms with Crippen LogP contribution in [0.4, 0.5) is 5.69 Å². The van der Waals surface area contributed by atoms with Crippen LogP contribution in [0.2, 0.25) is 0 Å². The third kappa shape index (κ3) is 6.21. The first-order valence-electron chi connectivity index (χ1n) is 13.6. The van der Waals surface area contributed by atoms with Crippen LogP contribution in [0.3, 0.4) is 0 Å². The van der Waals surface area contributed by atoms with E-state index in [9.17, 15) is 4.79 Å². The highest BCUT2D eigenvalue weighted by atomic mass is 16.2. The van der Waals surface area contributed by atoms with Gasteiger partial charge in [0.25, 0.3) is 5.91 Å². The van der Waals surface area contributed by atoms with Crippen molar-refractivity contribution >= 4 is 11.6 Å². The van der Waals surface area contributed by atoms with Crippen molar-refractivity contribution in [1.82, 2.24) is 20.1 Å². The zero-order chi connectivity index (χ0) is 26.5. The molecule has 5 rings (SSSR count). The molecule has 2 N–H and O–H groups in total. The average molecular weight is 509 g/mol. The van der Waals surface area contributed by atoms with E-state index in [0.717, 1.165) is 49.3 Å². The maximum atomic E-state index is 13.5. The molecule has 0 radical (unpaired) electrons. The van der Waals surface area contributed by atoms with Crippen molar-refractivity contribution in [2.45, 2.75) is 51.4 Å². The van der Waals surface area contributed by atoms with Crippen LogP contribution in [0, 0.1) is 11.3 Å². The Morgan fingerprint density at radius 1 is 1.03 bits per heavy atom. The van der Waals surface area contributed by atoms with Gasteiger partial charge in [-0.15, -0.1) is 0 Å². The van der Waals surface area contributed by atoms with E-state index in [4.69, 9.17) is 5.26 Å². The number of aromatic nitrogens is 1. The Hall–Kier alpha value is -3.73. The Bertz CT molecular complexity index is 1260. The van der Waals surface area contributed by atoms with Crippen LogP contribution in [-0.2, 0) is 6.54 Å². The lowest BCUT2D eigenvalue weighted by molar-refractivity contribution is 0.0713. The van der Waals surface area contributed by atoms with E-state index in [1.165, 1.54) is 5.56 Å². The molecule has 0 spiro atoms. The molecule has 3 aromatic rings. The van der Waals surface area contributed by atoms with Crippen LogP contribution < -0.4 is 10.6 Å². The van der Waals surface area contributed by atoms with Crippen molar-refractivity contribution in [3.8, 4) is 17.2 Å². The molecular weight excluding hydrogens is 472 g/mol. The predicted molar refractivity (Wildman–Crippen MR) is 151 cm³/mol. The number of nitriles is 1. The van der Waals surface area contributed by atoms with Gasteiger partial charge in [-0.2, -0.15) is 5.26 Å². The minimum atomic E-state index is -0.00899. The Morgan fingerprint density at radius 2 is 1.71 bits per heavy atom. The molecule has 0 unspecified atom stereocenters. The highest BCUT2D eigenvalue weighted by Gasteiger charge is 2.26.